The van der Waals surface area contributed by atoms with Crippen molar-refractivity contribution in [3.05, 3.63) is 17.7 Å². The Morgan fingerprint density at radius 2 is 2.06 bits per heavy atom. The summed E-state index contributed by atoms with van der Waals surface area (Å²) in [6.07, 6.45) is 0.873. The number of nitrogens with zero attached hydrogens (tertiary/aromatic N) is 3. The second kappa shape index (κ2) is 4.57. The first-order chi connectivity index (χ1) is 8.78. The van der Waals surface area contributed by atoms with Crippen molar-refractivity contribution in [2.24, 2.45) is 0 Å². The van der Waals surface area contributed by atoms with Crippen molar-refractivity contribution in [2.75, 3.05) is 31.2 Å². The van der Waals surface area contributed by atoms with Gasteiger partial charge in [0.05, 0.1) is 13.2 Å². The number of hydrogen-bond acceptors (Lipinski definition) is 5. The van der Waals surface area contributed by atoms with E-state index in [1.54, 1.807) is 0 Å². The van der Waals surface area contributed by atoms with E-state index in [9.17, 15) is 0 Å². The first-order valence-electron chi connectivity index (χ1n) is 6.37. The maximum atomic E-state index is 5.85. The highest BCUT2D eigenvalue weighted by molar-refractivity contribution is 5.84. The predicted octanol–water partition coefficient (Wildman–Crippen LogP) is 1.93. The fourth-order valence-corrected chi connectivity index (χ4v) is 2.24. The number of anilines is 1. The second-order valence-electron chi connectivity index (χ2n) is 4.47. The van der Waals surface area contributed by atoms with E-state index in [0.717, 1.165) is 61.2 Å². The lowest BCUT2D eigenvalue weighted by Gasteiger charge is -2.27. The molecule has 2 aromatic heterocycles. The molecular weight excluding hydrogens is 230 g/mol. The van der Waals surface area contributed by atoms with Gasteiger partial charge in [-0.15, -0.1) is 0 Å². The van der Waals surface area contributed by atoms with E-state index in [1.807, 2.05) is 13.0 Å². The van der Waals surface area contributed by atoms with Crippen LogP contribution in [0.1, 0.15) is 18.5 Å². The molecule has 96 valence electrons. The molecule has 1 fully saturated rings. The molecule has 0 amide bonds. The van der Waals surface area contributed by atoms with Crippen LogP contribution in [0.2, 0.25) is 0 Å². The van der Waals surface area contributed by atoms with Gasteiger partial charge in [0.2, 0.25) is 0 Å². The van der Waals surface area contributed by atoms with Gasteiger partial charge in [-0.05, 0) is 6.92 Å². The number of hydrogen-bond donors (Lipinski definition) is 0. The Hall–Kier alpha value is -1.62. The summed E-state index contributed by atoms with van der Waals surface area (Å²) in [5.74, 6) is 2.65. The standard InChI is InChI=1S/C13H17N3O2/c1-3-10-8-11-12(18-10)13(15-9(2)14-11)16-4-6-17-7-5-16/h8H,3-7H2,1-2H3. The molecule has 5 heteroatoms. The summed E-state index contributed by atoms with van der Waals surface area (Å²) < 4.78 is 11.2. The molecule has 0 bridgehead atoms. The molecular formula is C13H17N3O2. The van der Waals surface area contributed by atoms with Gasteiger partial charge in [-0.1, -0.05) is 6.92 Å². The number of fused-ring (bicyclic) bond motifs is 1. The summed E-state index contributed by atoms with van der Waals surface area (Å²) in [6, 6.07) is 2.01. The lowest BCUT2D eigenvalue weighted by molar-refractivity contribution is 0.122. The third-order valence-electron chi connectivity index (χ3n) is 3.18. The monoisotopic (exact) mass is 247 g/mol. The Bertz CT molecular complexity index is 559. The van der Waals surface area contributed by atoms with Crippen molar-refractivity contribution >= 4 is 16.9 Å². The predicted molar refractivity (Wildman–Crippen MR) is 69.0 cm³/mol. The summed E-state index contributed by atoms with van der Waals surface area (Å²) in [4.78, 5) is 11.2. The lowest BCUT2D eigenvalue weighted by atomic mass is 10.3. The number of morpholine rings is 1. The van der Waals surface area contributed by atoms with Crippen LogP contribution in [-0.2, 0) is 11.2 Å². The van der Waals surface area contributed by atoms with E-state index in [4.69, 9.17) is 9.15 Å². The summed E-state index contributed by atoms with van der Waals surface area (Å²) in [7, 11) is 0. The van der Waals surface area contributed by atoms with Gasteiger partial charge in [-0.3, -0.25) is 0 Å². The van der Waals surface area contributed by atoms with Crippen LogP contribution in [0.4, 0.5) is 5.82 Å². The molecule has 0 spiro atoms. The molecule has 0 unspecified atom stereocenters. The smallest absolute Gasteiger partial charge is 0.195 e. The van der Waals surface area contributed by atoms with Crippen molar-refractivity contribution in [3.63, 3.8) is 0 Å². The minimum atomic E-state index is 0.742. The first-order valence-corrected chi connectivity index (χ1v) is 6.37. The molecule has 5 nitrogen and oxygen atoms in total. The zero-order valence-electron chi connectivity index (χ0n) is 10.8. The number of aromatic nitrogens is 2. The van der Waals surface area contributed by atoms with E-state index in [0.29, 0.717) is 0 Å². The number of furan rings is 1. The Labute approximate surface area is 106 Å². The Morgan fingerprint density at radius 1 is 1.28 bits per heavy atom. The van der Waals surface area contributed by atoms with Crippen molar-refractivity contribution in [3.8, 4) is 0 Å². The van der Waals surface area contributed by atoms with Crippen LogP contribution in [0, 0.1) is 6.92 Å². The van der Waals surface area contributed by atoms with E-state index in [2.05, 4.69) is 21.8 Å². The summed E-state index contributed by atoms with van der Waals surface area (Å²) >= 11 is 0. The maximum Gasteiger partial charge on any atom is 0.195 e. The van der Waals surface area contributed by atoms with Crippen LogP contribution in [0.5, 0.6) is 0 Å². The zero-order chi connectivity index (χ0) is 12.5. The van der Waals surface area contributed by atoms with Crippen molar-refractivity contribution in [1.82, 2.24) is 9.97 Å². The molecule has 0 aromatic carbocycles. The number of rotatable bonds is 2. The van der Waals surface area contributed by atoms with E-state index < -0.39 is 0 Å². The van der Waals surface area contributed by atoms with Gasteiger partial charge in [0.25, 0.3) is 0 Å². The lowest BCUT2D eigenvalue weighted by Crippen LogP contribution is -2.37. The first kappa shape index (κ1) is 11.5. The highest BCUT2D eigenvalue weighted by atomic mass is 16.5. The maximum absolute atomic E-state index is 5.85. The fourth-order valence-electron chi connectivity index (χ4n) is 2.24. The summed E-state index contributed by atoms with van der Waals surface area (Å²) in [5.41, 5.74) is 1.71. The Morgan fingerprint density at radius 3 is 2.78 bits per heavy atom. The van der Waals surface area contributed by atoms with Crippen LogP contribution in [-0.4, -0.2) is 36.3 Å². The molecule has 18 heavy (non-hydrogen) atoms. The quantitative estimate of drug-likeness (QED) is 0.811. The molecule has 0 N–H and O–H groups in total. The van der Waals surface area contributed by atoms with Crippen LogP contribution in [0.3, 0.4) is 0 Å². The van der Waals surface area contributed by atoms with Gasteiger partial charge in [0.1, 0.15) is 17.1 Å². The van der Waals surface area contributed by atoms with Gasteiger partial charge >= 0.3 is 0 Å². The Kier molecular flexibility index (Phi) is 2.91. The third-order valence-corrected chi connectivity index (χ3v) is 3.18. The van der Waals surface area contributed by atoms with Crippen molar-refractivity contribution in [2.45, 2.75) is 20.3 Å². The fraction of sp³-hybridized carbons (Fsp3) is 0.538. The zero-order valence-corrected chi connectivity index (χ0v) is 10.8. The molecule has 1 aliphatic rings. The van der Waals surface area contributed by atoms with E-state index >= 15 is 0 Å². The topological polar surface area (TPSA) is 51.4 Å². The van der Waals surface area contributed by atoms with Crippen molar-refractivity contribution in [1.29, 1.82) is 0 Å². The van der Waals surface area contributed by atoms with Gasteiger partial charge in [0, 0.05) is 25.6 Å². The molecule has 1 aliphatic heterocycles. The molecule has 3 heterocycles. The molecule has 0 aliphatic carbocycles. The molecule has 0 atom stereocenters. The van der Waals surface area contributed by atoms with E-state index in [-0.39, 0.29) is 0 Å². The highest BCUT2D eigenvalue weighted by Crippen LogP contribution is 2.27. The molecule has 0 saturated carbocycles. The molecule has 0 radical (unpaired) electrons. The van der Waals surface area contributed by atoms with Gasteiger partial charge in [-0.25, -0.2) is 9.97 Å². The largest absolute Gasteiger partial charge is 0.455 e. The highest BCUT2D eigenvalue weighted by Gasteiger charge is 2.19. The second-order valence-corrected chi connectivity index (χ2v) is 4.47. The van der Waals surface area contributed by atoms with Crippen LogP contribution in [0.15, 0.2) is 10.5 Å². The molecule has 3 rings (SSSR count). The van der Waals surface area contributed by atoms with Crippen LogP contribution in [0.25, 0.3) is 11.1 Å². The van der Waals surface area contributed by atoms with Crippen LogP contribution >= 0.6 is 0 Å². The minimum Gasteiger partial charge on any atom is -0.455 e. The minimum absolute atomic E-state index is 0.742. The van der Waals surface area contributed by atoms with Gasteiger partial charge in [0.15, 0.2) is 11.4 Å². The summed E-state index contributed by atoms with van der Waals surface area (Å²) in [5, 5.41) is 0. The molecule has 2 aromatic rings. The van der Waals surface area contributed by atoms with Gasteiger partial charge < -0.3 is 14.1 Å². The number of aryl methyl sites for hydroxylation is 2. The third kappa shape index (κ3) is 1.95. The van der Waals surface area contributed by atoms with Crippen molar-refractivity contribution < 1.29 is 9.15 Å². The van der Waals surface area contributed by atoms with E-state index in [1.165, 1.54) is 0 Å². The average molecular weight is 247 g/mol. The SMILES string of the molecule is CCc1cc2nc(C)nc(N3CCOCC3)c2o1. The Balaban J connectivity index is 2.10. The normalized spacial score (nSPS) is 16.4. The summed E-state index contributed by atoms with van der Waals surface area (Å²) in [6.45, 7) is 7.19. The van der Waals surface area contributed by atoms with Crippen LogP contribution < -0.4 is 4.90 Å². The average Bonchev–Trinajstić information content (AvgIpc) is 2.81. The molecule has 1 saturated heterocycles. The number of ether oxygens (including phenoxy) is 1. The van der Waals surface area contributed by atoms with Gasteiger partial charge in [-0.2, -0.15) is 0 Å².